The van der Waals surface area contributed by atoms with Crippen molar-refractivity contribution < 1.29 is 9.53 Å². The fourth-order valence-corrected chi connectivity index (χ4v) is 3.22. The number of methoxy groups -OCH3 is 1. The van der Waals surface area contributed by atoms with E-state index >= 15 is 0 Å². The first-order valence-electron chi connectivity index (χ1n) is 7.54. The van der Waals surface area contributed by atoms with Crippen molar-refractivity contribution in [3.63, 3.8) is 0 Å². The van der Waals surface area contributed by atoms with Crippen molar-refractivity contribution in [2.45, 2.75) is 51.5 Å². The summed E-state index contributed by atoms with van der Waals surface area (Å²) in [6.45, 7) is 6.49. The molecule has 0 heterocycles. The van der Waals surface area contributed by atoms with Crippen LogP contribution >= 0.6 is 0 Å². The molecule has 19 heavy (non-hydrogen) atoms. The quantitative estimate of drug-likeness (QED) is 0.719. The predicted octanol–water partition coefficient (Wildman–Crippen LogP) is 2.04. The van der Waals surface area contributed by atoms with Gasteiger partial charge in [0.1, 0.15) is 5.54 Å². The van der Waals surface area contributed by atoms with Crippen LogP contribution < -0.4 is 5.32 Å². The first kappa shape index (κ1) is 16.4. The third kappa shape index (κ3) is 5.11. The molecule has 1 aliphatic rings. The lowest BCUT2D eigenvalue weighted by molar-refractivity contribution is -0.148. The Balaban J connectivity index is 2.50. The summed E-state index contributed by atoms with van der Waals surface area (Å²) in [6.07, 6.45) is 6.78. The molecule has 112 valence electrons. The number of hydrogen-bond acceptors (Lipinski definition) is 4. The average molecular weight is 270 g/mol. The maximum absolute atomic E-state index is 11.9. The van der Waals surface area contributed by atoms with Crippen molar-refractivity contribution in [1.29, 1.82) is 0 Å². The van der Waals surface area contributed by atoms with Crippen molar-refractivity contribution in [3.05, 3.63) is 0 Å². The van der Waals surface area contributed by atoms with Crippen molar-refractivity contribution in [1.82, 2.24) is 10.2 Å². The number of likely N-dealkylation sites (N-methyl/N-ethyl adjacent to an activating group) is 2. The molecule has 0 saturated heterocycles. The number of ether oxygens (including phenoxy) is 1. The molecular formula is C15H30N2O2. The molecule has 0 aromatic carbocycles. The summed E-state index contributed by atoms with van der Waals surface area (Å²) in [5, 5.41) is 3.26. The molecule has 4 nitrogen and oxygen atoms in total. The van der Waals surface area contributed by atoms with Gasteiger partial charge >= 0.3 is 5.97 Å². The molecule has 1 aliphatic carbocycles. The highest BCUT2D eigenvalue weighted by Crippen LogP contribution is 2.24. The van der Waals surface area contributed by atoms with Gasteiger partial charge in [-0.05, 0) is 39.3 Å². The zero-order valence-corrected chi connectivity index (χ0v) is 13.0. The molecule has 1 fully saturated rings. The van der Waals surface area contributed by atoms with Gasteiger partial charge in [-0.3, -0.25) is 4.79 Å². The molecule has 0 radical (unpaired) electrons. The molecule has 1 saturated carbocycles. The molecule has 0 bridgehead atoms. The first-order chi connectivity index (χ1) is 9.01. The SMILES string of the molecule is CCNC(C)(CN(C)CC1CCCCC1)C(=O)OC. The van der Waals surface area contributed by atoms with E-state index < -0.39 is 5.54 Å². The van der Waals surface area contributed by atoms with Crippen molar-refractivity contribution in [3.8, 4) is 0 Å². The number of nitrogens with zero attached hydrogens (tertiary/aromatic N) is 1. The Morgan fingerprint density at radius 1 is 1.37 bits per heavy atom. The summed E-state index contributed by atoms with van der Waals surface area (Å²) in [5.74, 6) is 0.618. The van der Waals surface area contributed by atoms with E-state index in [0.29, 0.717) is 6.54 Å². The Labute approximate surface area is 117 Å². The largest absolute Gasteiger partial charge is 0.468 e. The lowest BCUT2D eigenvalue weighted by Gasteiger charge is -2.34. The van der Waals surface area contributed by atoms with Gasteiger partial charge in [-0.1, -0.05) is 26.2 Å². The molecule has 1 atom stereocenters. The monoisotopic (exact) mass is 270 g/mol. The zero-order valence-electron chi connectivity index (χ0n) is 13.0. The van der Waals surface area contributed by atoms with E-state index in [1.54, 1.807) is 0 Å². The molecule has 1 rings (SSSR count). The standard InChI is InChI=1S/C15H30N2O2/c1-5-16-15(2,14(18)19-4)12-17(3)11-13-9-7-6-8-10-13/h13,16H,5-12H2,1-4H3. The Hall–Kier alpha value is -0.610. The zero-order chi connectivity index (χ0) is 14.3. The second-order valence-corrected chi connectivity index (χ2v) is 6.05. The molecule has 0 spiro atoms. The van der Waals surface area contributed by atoms with Crippen molar-refractivity contribution in [2.24, 2.45) is 5.92 Å². The molecule has 0 aromatic heterocycles. The number of carbonyl (C=O) groups excluding carboxylic acids is 1. The normalized spacial score (nSPS) is 20.3. The van der Waals surface area contributed by atoms with Crippen LogP contribution in [0.2, 0.25) is 0 Å². The summed E-state index contributed by atoms with van der Waals surface area (Å²) < 4.78 is 4.93. The number of carbonyl (C=O) groups is 1. The minimum absolute atomic E-state index is 0.176. The van der Waals surface area contributed by atoms with Gasteiger partial charge in [0.05, 0.1) is 7.11 Å². The smallest absolute Gasteiger partial charge is 0.327 e. The highest BCUT2D eigenvalue weighted by Gasteiger charge is 2.35. The van der Waals surface area contributed by atoms with Crippen LogP contribution in [0.3, 0.4) is 0 Å². The molecule has 1 unspecified atom stereocenters. The summed E-state index contributed by atoms with van der Waals surface area (Å²) in [7, 11) is 3.56. The highest BCUT2D eigenvalue weighted by atomic mass is 16.5. The fraction of sp³-hybridized carbons (Fsp3) is 0.933. The van der Waals surface area contributed by atoms with E-state index in [2.05, 4.69) is 17.3 Å². The minimum Gasteiger partial charge on any atom is -0.468 e. The third-order valence-electron chi connectivity index (χ3n) is 4.08. The molecular weight excluding hydrogens is 240 g/mol. The summed E-state index contributed by atoms with van der Waals surface area (Å²) >= 11 is 0. The lowest BCUT2D eigenvalue weighted by atomic mass is 9.88. The lowest BCUT2D eigenvalue weighted by Crippen LogP contribution is -2.57. The van der Waals surface area contributed by atoms with E-state index in [-0.39, 0.29) is 5.97 Å². The third-order valence-corrected chi connectivity index (χ3v) is 4.08. The van der Waals surface area contributed by atoms with Crippen LogP contribution in [-0.4, -0.2) is 50.2 Å². The molecule has 4 heteroatoms. The number of hydrogen-bond donors (Lipinski definition) is 1. The molecule has 0 aliphatic heterocycles. The van der Waals surface area contributed by atoms with Crippen LogP contribution in [0, 0.1) is 5.92 Å². The maximum atomic E-state index is 11.9. The summed E-state index contributed by atoms with van der Waals surface area (Å²) in [4.78, 5) is 14.2. The number of nitrogens with one attached hydrogen (secondary N) is 1. The highest BCUT2D eigenvalue weighted by molar-refractivity contribution is 5.80. The van der Waals surface area contributed by atoms with Gasteiger partial charge in [0.15, 0.2) is 0 Å². The summed E-state index contributed by atoms with van der Waals surface area (Å²) in [5.41, 5.74) is -0.604. The summed E-state index contributed by atoms with van der Waals surface area (Å²) in [6, 6.07) is 0. The first-order valence-corrected chi connectivity index (χ1v) is 7.54. The second-order valence-electron chi connectivity index (χ2n) is 6.05. The second kappa shape index (κ2) is 7.85. The Morgan fingerprint density at radius 2 is 2.00 bits per heavy atom. The van der Waals surface area contributed by atoms with Crippen LogP contribution in [0.5, 0.6) is 0 Å². The topological polar surface area (TPSA) is 41.6 Å². The van der Waals surface area contributed by atoms with Gasteiger partial charge in [0.25, 0.3) is 0 Å². The van der Waals surface area contributed by atoms with E-state index in [4.69, 9.17) is 4.74 Å². The van der Waals surface area contributed by atoms with Crippen LogP contribution in [-0.2, 0) is 9.53 Å². The predicted molar refractivity (Wildman–Crippen MR) is 78.2 cm³/mol. The Kier molecular flexibility index (Phi) is 6.80. The van der Waals surface area contributed by atoms with Crippen LogP contribution in [0.4, 0.5) is 0 Å². The van der Waals surface area contributed by atoms with E-state index in [9.17, 15) is 4.79 Å². The number of esters is 1. The van der Waals surface area contributed by atoms with Crippen molar-refractivity contribution >= 4 is 5.97 Å². The molecule has 0 aromatic rings. The van der Waals surface area contributed by atoms with Gasteiger partial charge in [-0.2, -0.15) is 0 Å². The van der Waals surface area contributed by atoms with Gasteiger partial charge in [0.2, 0.25) is 0 Å². The maximum Gasteiger partial charge on any atom is 0.327 e. The minimum atomic E-state index is -0.604. The van der Waals surface area contributed by atoms with E-state index in [1.165, 1.54) is 39.2 Å². The average Bonchev–Trinajstić information content (AvgIpc) is 2.38. The van der Waals surface area contributed by atoms with E-state index in [0.717, 1.165) is 19.0 Å². The number of rotatable bonds is 7. The molecule has 1 N–H and O–H groups in total. The van der Waals surface area contributed by atoms with Crippen molar-refractivity contribution in [2.75, 3.05) is 33.8 Å². The van der Waals surface area contributed by atoms with Gasteiger partial charge in [0, 0.05) is 13.1 Å². The van der Waals surface area contributed by atoms with Crippen LogP contribution in [0.25, 0.3) is 0 Å². The van der Waals surface area contributed by atoms with Gasteiger partial charge in [-0.25, -0.2) is 0 Å². The van der Waals surface area contributed by atoms with Gasteiger partial charge < -0.3 is 15.0 Å². The van der Waals surface area contributed by atoms with Crippen LogP contribution in [0.1, 0.15) is 46.0 Å². The van der Waals surface area contributed by atoms with Crippen LogP contribution in [0.15, 0.2) is 0 Å². The molecule has 0 amide bonds. The van der Waals surface area contributed by atoms with Gasteiger partial charge in [-0.15, -0.1) is 0 Å². The Morgan fingerprint density at radius 3 is 2.53 bits per heavy atom. The Bertz CT molecular complexity index is 277. The fourth-order valence-electron chi connectivity index (χ4n) is 3.22. The van der Waals surface area contributed by atoms with E-state index in [1.807, 2.05) is 13.8 Å².